The van der Waals surface area contributed by atoms with Crippen LogP contribution in [0.1, 0.15) is 12.8 Å². The molecular weight excluding hydrogens is 252 g/mol. The van der Waals surface area contributed by atoms with Crippen LogP contribution in [0, 0.1) is 5.92 Å². The van der Waals surface area contributed by atoms with Gasteiger partial charge in [-0.1, -0.05) is 18.2 Å². The molecule has 1 aromatic heterocycles. The van der Waals surface area contributed by atoms with Gasteiger partial charge < -0.3 is 9.64 Å². The average molecular weight is 270 g/mol. The number of esters is 1. The first-order valence-corrected chi connectivity index (χ1v) is 6.96. The fourth-order valence-corrected chi connectivity index (χ4v) is 2.78. The summed E-state index contributed by atoms with van der Waals surface area (Å²) in [7, 11) is 1.45. The number of methoxy groups -OCH3 is 1. The van der Waals surface area contributed by atoms with Gasteiger partial charge in [-0.3, -0.25) is 4.79 Å². The molecule has 1 fully saturated rings. The molecule has 2 heterocycles. The smallest absolute Gasteiger partial charge is 0.310 e. The van der Waals surface area contributed by atoms with E-state index in [9.17, 15) is 4.79 Å². The predicted octanol–water partition coefficient (Wildman–Crippen LogP) is 2.62. The molecule has 0 bridgehead atoms. The van der Waals surface area contributed by atoms with Crippen LogP contribution in [-0.2, 0) is 9.53 Å². The van der Waals surface area contributed by atoms with Crippen molar-refractivity contribution in [3.8, 4) is 0 Å². The number of carbonyl (C=O) groups is 1. The van der Waals surface area contributed by atoms with Gasteiger partial charge in [0.15, 0.2) is 0 Å². The van der Waals surface area contributed by atoms with Gasteiger partial charge in [-0.05, 0) is 31.0 Å². The zero-order chi connectivity index (χ0) is 13.9. The molecule has 0 N–H and O–H groups in total. The highest BCUT2D eigenvalue weighted by Crippen LogP contribution is 2.24. The van der Waals surface area contributed by atoms with E-state index in [2.05, 4.69) is 17.0 Å². The summed E-state index contributed by atoms with van der Waals surface area (Å²) >= 11 is 0. The lowest BCUT2D eigenvalue weighted by Crippen LogP contribution is -2.39. The fourth-order valence-electron chi connectivity index (χ4n) is 2.78. The molecule has 104 valence electrons. The van der Waals surface area contributed by atoms with Gasteiger partial charge in [0.1, 0.15) is 5.82 Å². The van der Waals surface area contributed by atoms with Crippen molar-refractivity contribution < 1.29 is 9.53 Å². The van der Waals surface area contributed by atoms with Crippen molar-refractivity contribution >= 4 is 22.7 Å². The van der Waals surface area contributed by atoms with E-state index < -0.39 is 0 Å². The first-order valence-electron chi connectivity index (χ1n) is 6.96. The molecule has 0 amide bonds. The Morgan fingerprint density at radius 3 is 3.00 bits per heavy atom. The second-order valence-corrected chi connectivity index (χ2v) is 5.17. The molecule has 1 saturated heterocycles. The number of para-hydroxylation sites is 1. The largest absolute Gasteiger partial charge is 0.469 e. The highest BCUT2D eigenvalue weighted by Gasteiger charge is 2.27. The van der Waals surface area contributed by atoms with E-state index in [-0.39, 0.29) is 11.9 Å². The van der Waals surface area contributed by atoms with Crippen molar-refractivity contribution in [2.24, 2.45) is 5.92 Å². The van der Waals surface area contributed by atoms with Crippen LogP contribution in [0.3, 0.4) is 0 Å². The van der Waals surface area contributed by atoms with Crippen LogP contribution in [0.25, 0.3) is 10.9 Å². The number of ether oxygens (including phenoxy) is 1. The summed E-state index contributed by atoms with van der Waals surface area (Å²) in [6.07, 6.45) is 1.89. The number of rotatable bonds is 2. The molecule has 0 aliphatic carbocycles. The predicted molar refractivity (Wildman–Crippen MR) is 78.7 cm³/mol. The molecule has 20 heavy (non-hydrogen) atoms. The van der Waals surface area contributed by atoms with Crippen molar-refractivity contribution in [2.75, 3.05) is 25.1 Å². The number of carbonyl (C=O) groups excluding carboxylic acids is 1. The van der Waals surface area contributed by atoms with Gasteiger partial charge in [0, 0.05) is 18.5 Å². The third kappa shape index (κ3) is 2.46. The Hall–Kier alpha value is -2.10. The Morgan fingerprint density at radius 2 is 2.15 bits per heavy atom. The third-order valence-electron chi connectivity index (χ3n) is 3.86. The van der Waals surface area contributed by atoms with E-state index in [1.165, 1.54) is 7.11 Å². The molecule has 0 radical (unpaired) electrons. The topological polar surface area (TPSA) is 42.4 Å². The number of nitrogens with zero attached hydrogens (tertiary/aromatic N) is 2. The number of anilines is 1. The summed E-state index contributed by atoms with van der Waals surface area (Å²) in [4.78, 5) is 18.6. The van der Waals surface area contributed by atoms with Crippen molar-refractivity contribution in [1.82, 2.24) is 4.98 Å². The van der Waals surface area contributed by atoms with E-state index in [0.29, 0.717) is 6.54 Å². The molecule has 1 aromatic carbocycles. The molecule has 2 aromatic rings. The van der Waals surface area contributed by atoms with E-state index in [0.717, 1.165) is 36.1 Å². The quantitative estimate of drug-likeness (QED) is 0.787. The zero-order valence-electron chi connectivity index (χ0n) is 11.6. The standard InChI is InChI=1S/C16H18N2O2/c1-20-16(19)13-6-4-10-18(11-13)15-9-8-12-5-2-3-7-14(12)17-15/h2-3,5,7-9,13H,4,6,10-11H2,1H3. The Balaban J connectivity index is 1.84. The van der Waals surface area contributed by atoms with Crippen LogP contribution >= 0.6 is 0 Å². The molecule has 1 atom stereocenters. The van der Waals surface area contributed by atoms with Crippen LogP contribution in [0.15, 0.2) is 36.4 Å². The lowest BCUT2D eigenvalue weighted by atomic mass is 9.98. The molecular formula is C16H18N2O2. The monoisotopic (exact) mass is 270 g/mol. The molecule has 4 heteroatoms. The van der Waals surface area contributed by atoms with E-state index >= 15 is 0 Å². The zero-order valence-corrected chi connectivity index (χ0v) is 11.6. The molecule has 3 rings (SSSR count). The van der Waals surface area contributed by atoms with E-state index in [4.69, 9.17) is 9.72 Å². The first-order chi connectivity index (χ1) is 9.78. The maximum absolute atomic E-state index is 11.7. The summed E-state index contributed by atoms with van der Waals surface area (Å²) < 4.78 is 4.86. The van der Waals surface area contributed by atoms with E-state index in [1.54, 1.807) is 0 Å². The first kappa shape index (κ1) is 12.9. The Morgan fingerprint density at radius 1 is 1.30 bits per heavy atom. The van der Waals surface area contributed by atoms with Gasteiger partial charge in [0.2, 0.25) is 0 Å². The third-order valence-corrected chi connectivity index (χ3v) is 3.86. The maximum Gasteiger partial charge on any atom is 0.310 e. The Kier molecular flexibility index (Phi) is 3.54. The van der Waals surface area contributed by atoms with E-state index in [1.807, 2.05) is 24.3 Å². The maximum atomic E-state index is 11.7. The molecule has 4 nitrogen and oxygen atoms in total. The number of pyridine rings is 1. The van der Waals surface area contributed by atoms with Gasteiger partial charge in [0.05, 0.1) is 18.5 Å². The van der Waals surface area contributed by atoms with Gasteiger partial charge in [-0.15, -0.1) is 0 Å². The summed E-state index contributed by atoms with van der Waals surface area (Å²) in [6, 6.07) is 12.2. The minimum Gasteiger partial charge on any atom is -0.469 e. The molecule has 1 aliphatic heterocycles. The van der Waals surface area contributed by atoms with Gasteiger partial charge in [0.25, 0.3) is 0 Å². The van der Waals surface area contributed by atoms with Crippen LogP contribution < -0.4 is 4.90 Å². The molecule has 1 aliphatic rings. The van der Waals surface area contributed by atoms with Gasteiger partial charge in [-0.2, -0.15) is 0 Å². The minimum atomic E-state index is -0.115. The van der Waals surface area contributed by atoms with Crippen molar-refractivity contribution in [3.63, 3.8) is 0 Å². The van der Waals surface area contributed by atoms with Crippen LogP contribution in [0.5, 0.6) is 0 Å². The van der Waals surface area contributed by atoms with Gasteiger partial charge in [-0.25, -0.2) is 4.98 Å². The number of benzene rings is 1. The highest BCUT2D eigenvalue weighted by atomic mass is 16.5. The summed E-state index contributed by atoms with van der Waals surface area (Å²) in [5, 5.41) is 1.14. The fraction of sp³-hybridized carbons (Fsp3) is 0.375. The number of hydrogen-bond acceptors (Lipinski definition) is 4. The van der Waals surface area contributed by atoms with Crippen LogP contribution in [-0.4, -0.2) is 31.2 Å². The molecule has 0 saturated carbocycles. The number of fused-ring (bicyclic) bond motifs is 1. The summed E-state index contributed by atoms with van der Waals surface area (Å²) in [5.41, 5.74) is 0.991. The molecule has 0 spiro atoms. The number of piperidine rings is 1. The SMILES string of the molecule is COC(=O)C1CCCN(c2ccc3ccccc3n2)C1. The molecule has 1 unspecified atom stereocenters. The lowest BCUT2D eigenvalue weighted by molar-refractivity contribution is -0.145. The number of aromatic nitrogens is 1. The summed E-state index contributed by atoms with van der Waals surface area (Å²) in [6.45, 7) is 1.64. The van der Waals surface area contributed by atoms with Crippen LogP contribution in [0.4, 0.5) is 5.82 Å². The second kappa shape index (κ2) is 5.49. The second-order valence-electron chi connectivity index (χ2n) is 5.17. The minimum absolute atomic E-state index is 0.0398. The number of hydrogen-bond donors (Lipinski definition) is 0. The lowest BCUT2D eigenvalue weighted by Gasteiger charge is -2.32. The Bertz CT molecular complexity index is 627. The highest BCUT2D eigenvalue weighted by molar-refractivity contribution is 5.80. The van der Waals surface area contributed by atoms with Gasteiger partial charge >= 0.3 is 5.97 Å². The Labute approximate surface area is 118 Å². The van der Waals surface area contributed by atoms with Crippen molar-refractivity contribution in [2.45, 2.75) is 12.8 Å². The summed E-state index contributed by atoms with van der Waals surface area (Å²) in [5.74, 6) is 0.787. The van der Waals surface area contributed by atoms with Crippen LogP contribution in [0.2, 0.25) is 0 Å². The normalized spacial score (nSPS) is 19.1. The van der Waals surface area contributed by atoms with Crippen molar-refractivity contribution in [1.29, 1.82) is 0 Å². The average Bonchev–Trinajstić information content (AvgIpc) is 2.53. The van der Waals surface area contributed by atoms with Crippen molar-refractivity contribution in [3.05, 3.63) is 36.4 Å².